The van der Waals surface area contributed by atoms with Crippen molar-refractivity contribution >= 4 is 17.5 Å². The van der Waals surface area contributed by atoms with Gasteiger partial charge in [-0.25, -0.2) is 4.79 Å². The summed E-state index contributed by atoms with van der Waals surface area (Å²) in [6.07, 6.45) is 0.187. The third kappa shape index (κ3) is 3.60. The first-order chi connectivity index (χ1) is 11.7. The molecule has 0 spiro atoms. The normalized spacial score (nSPS) is 41.2. The van der Waals surface area contributed by atoms with Gasteiger partial charge >= 0.3 is 5.97 Å². The summed E-state index contributed by atoms with van der Waals surface area (Å²) in [6, 6.07) is 0. The predicted octanol–water partition coefficient (Wildman–Crippen LogP) is 1.65. The van der Waals surface area contributed by atoms with E-state index < -0.39 is 29.9 Å². The van der Waals surface area contributed by atoms with Gasteiger partial charge in [-0.2, -0.15) is 0 Å². The Labute approximate surface area is 146 Å². The molecule has 0 aromatic heterocycles. The average Bonchev–Trinajstić information content (AvgIpc) is 2.91. The Hall–Kier alpha value is -1.79. The lowest BCUT2D eigenvalue weighted by atomic mass is 9.87. The molecule has 0 aromatic carbocycles. The van der Waals surface area contributed by atoms with Crippen molar-refractivity contribution in [3.8, 4) is 0 Å². The number of allylic oxidation sites excluding steroid dienone is 2. The van der Waals surface area contributed by atoms with Crippen molar-refractivity contribution in [3.63, 3.8) is 0 Å². The summed E-state index contributed by atoms with van der Waals surface area (Å²) in [5, 5.41) is 10.5. The van der Waals surface area contributed by atoms with E-state index in [2.05, 4.69) is 6.58 Å². The van der Waals surface area contributed by atoms with E-state index >= 15 is 0 Å². The second-order valence-corrected chi connectivity index (χ2v) is 7.68. The highest BCUT2D eigenvalue weighted by molar-refractivity contribution is 5.93. The van der Waals surface area contributed by atoms with Crippen LogP contribution in [0.25, 0.3) is 0 Å². The molecular formula is C19H24O6. The molecule has 0 aliphatic carbocycles. The minimum absolute atomic E-state index is 0.0541. The molecule has 0 amide bonds. The van der Waals surface area contributed by atoms with Gasteiger partial charge in [-0.15, -0.1) is 0 Å². The highest BCUT2D eigenvalue weighted by Gasteiger charge is 2.49. The van der Waals surface area contributed by atoms with Crippen molar-refractivity contribution in [2.45, 2.75) is 69.9 Å². The Morgan fingerprint density at radius 3 is 2.72 bits per heavy atom. The topological polar surface area (TPSA) is 89.9 Å². The monoisotopic (exact) mass is 348 g/mol. The molecule has 6 heteroatoms. The Balaban J connectivity index is 1.94. The summed E-state index contributed by atoms with van der Waals surface area (Å²) in [5.74, 6) is -0.871. The van der Waals surface area contributed by atoms with Crippen LogP contribution < -0.4 is 0 Å². The molecule has 25 heavy (non-hydrogen) atoms. The van der Waals surface area contributed by atoms with E-state index in [0.717, 1.165) is 5.57 Å². The number of hydrogen-bond acceptors (Lipinski definition) is 6. The molecule has 0 saturated carbocycles. The van der Waals surface area contributed by atoms with Gasteiger partial charge in [-0.1, -0.05) is 18.2 Å². The molecule has 5 atom stereocenters. The molecule has 3 heterocycles. The third-order valence-electron chi connectivity index (χ3n) is 5.34. The zero-order valence-corrected chi connectivity index (χ0v) is 14.6. The molecule has 0 radical (unpaired) electrons. The van der Waals surface area contributed by atoms with E-state index in [1.807, 2.05) is 6.92 Å². The van der Waals surface area contributed by atoms with Gasteiger partial charge in [0.25, 0.3) is 0 Å². The van der Waals surface area contributed by atoms with Gasteiger partial charge in [-0.3, -0.25) is 9.59 Å². The van der Waals surface area contributed by atoms with Gasteiger partial charge in [0.2, 0.25) is 0 Å². The van der Waals surface area contributed by atoms with E-state index in [1.54, 1.807) is 13.0 Å². The molecule has 3 aliphatic heterocycles. The van der Waals surface area contributed by atoms with Gasteiger partial charge in [0.1, 0.15) is 24.1 Å². The maximum atomic E-state index is 12.4. The molecule has 3 aliphatic rings. The summed E-state index contributed by atoms with van der Waals surface area (Å²) in [4.78, 5) is 36.8. The number of aliphatic hydroxyl groups is 1. The number of carbonyl (C=O) groups excluding carboxylic acids is 3. The Bertz CT molecular complexity index is 663. The summed E-state index contributed by atoms with van der Waals surface area (Å²) in [7, 11) is 0. The predicted molar refractivity (Wildman–Crippen MR) is 88.7 cm³/mol. The van der Waals surface area contributed by atoms with Crippen molar-refractivity contribution in [2.24, 2.45) is 5.92 Å². The van der Waals surface area contributed by atoms with Gasteiger partial charge in [0.05, 0.1) is 11.2 Å². The summed E-state index contributed by atoms with van der Waals surface area (Å²) >= 11 is 0. The summed E-state index contributed by atoms with van der Waals surface area (Å²) in [5.41, 5.74) is 0.194. The van der Waals surface area contributed by atoms with Gasteiger partial charge in [0, 0.05) is 25.7 Å². The number of rotatable bonds is 1. The zero-order chi connectivity index (χ0) is 18.4. The number of ketones is 2. The largest absolute Gasteiger partial charge is 0.456 e. The Kier molecular flexibility index (Phi) is 4.68. The van der Waals surface area contributed by atoms with Crippen LogP contribution in [0.1, 0.15) is 46.0 Å². The highest BCUT2D eigenvalue weighted by atomic mass is 16.6. The highest BCUT2D eigenvalue weighted by Crippen LogP contribution is 2.38. The quantitative estimate of drug-likeness (QED) is 0.572. The van der Waals surface area contributed by atoms with Crippen molar-refractivity contribution in [3.05, 3.63) is 23.8 Å². The van der Waals surface area contributed by atoms with Crippen LogP contribution >= 0.6 is 0 Å². The fourth-order valence-electron chi connectivity index (χ4n) is 3.88. The fraction of sp³-hybridized carbons (Fsp3) is 0.632. The van der Waals surface area contributed by atoms with Crippen LogP contribution in [0.15, 0.2) is 23.8 Å². The van der Waals surface area contributed by atoms with Crippen LogP contribution in [-0.2, 0) is 23.9 Å². The van der Waals surface area contributed by atoms with Crippen molar-refractivity contribution < 1.29 is 29.0 Å². The minimum atomic E-state index is -1.05. The molecule has 3 rings (SSSR count). The molecule has 1 unspecified atom stereocenters. The maximum Gasteiger partial charge on any atom is 0.336 e. The molecule has 2 fully saturated rings. The van der Waals surface area contributed by atoms with Gasteiger partial charge in [0.15, 0.2) is 5.78 Å². The third-order valence-corrected chi connectivity index (χ3v) is 5.34. The van der Waals surface area contributed by atoms with E-state index in [9.17, 15) is 19.5 Å². The van der Waals surface area contributed by atoms with E-state index in [1.165, 1.54) is 0 Å². The number of hydrogen-bond donors (Lipinski definition) is 1. The van der Waals surface area contributed by atoms with Crippen LogP contribution in [-0.4, -0.2) is 46.6 Å². The van der Waals surface area contributed by atoms with Crippen LogP contribution in [0.5, 0.6) is 0 Å². The lowest BCUT2D eigenvalue weighted by Crippen LogP contribution is -2.35. The van der Waals surface area contributed by atoms with Crippen molar-refractivity contribution in [1.82, 2.24) is 0 Å². The standard InChI is InChI=1S/C19H24O6/c1-10(2)11-4-5-13-17(22)16(24-18(13)23)9-19(3)8-14(21)15(25-19)7-12(20)6-11/h5,11,15-17,22H,1,4,6-9H2,2-3H3/b13-5-/t11-,15?,16+,17+,19+/m0/s1. The van der Waals surface area contributed by atoms with Crippen LogP contribution in [0, 0.1) is 5.92 Å². The first-order valence-electron chi connectivity index (χ1n) is 8.65. The van der Waals surface area contributed by atoms with E-state index in [4.69, 9.17) is 9.47 Å². The molecule has 0 aromatic rings. The SMILES string of the molecule is C=C(C)[C@H]1C/C=C2\C(=O)O[C@H](C[C@@]3(C)CC(=O)C(CC(=O)C1)O3)[C@@H]2O. The van der Waals surface area contributed by atoms with Crippen LogP contribution in [0.3, 0.4) is 0 Å². The average molecular weight is 348 g/mol. The minimum Gasteiger partial charge on any atom is -0.456 e. The molecular weight excluding hydrogens is 324 g/mol. The van der Waals surface area contributed by atoms with Crippen LogP contribution in [0.4, 0.5) is 0 Å². The maximum absolute atomic E-state index is 12.4. The first kappa shape index (κ1) is 18.0. The molecule has 6 nitrogen and oxygen atoms in total. The van der Waals surface area contributed by atoms with Gasteiger partial charge < -0.3 is 14.6 Å². The molecule has 4 bridgehead atoms. The fourth-order valence-corrected chi connectivity index (χ4v) is 3.88. The van der Waals surface area contributed by atoms with E-state index in [0.29, 0.717) is 6.42 Å². The lowest BCUT2D eigenvalue weighted by Gasteiger charge is -2.27. The first-order valence-corrected chi connectivity index (χ1v) is 8.65. The number of carbonyl (C=O) groups is 3. The van der Waals surface area contributed by atoms with Crippen molar-refractivity contribution in [2.75, 3.05) is 0 Å². The number of esters is 1. The summed E-state index contributed by atoms with van der Waals surface area (Å²) < 4.78 is 11.2. The van der Waals surface area contributed by atoms with E-state index in [-0.39, 0.29) is 48.7 Å². The number of fused-ring (bicyclic) bond motifs is 4. The number of aliphatic hydroxyl groups excluding tert-OH is 1. The van der Waals surface area contributed by atoms with Gasteiger partial charge in [-0.05, 0) is 26.2 Å². The molecule has 1 N–H and O–H groups in total. The lowest BCUT2D eigenvalue weighted by molar-refractivity contribution is -0.144. The Morgan fingerprint density at radius 1 is 1.32 bits per heavy atom. The van der Waals surface area contributed by atoms with Crippen molar-refractivity contribution in [1.29, 1.82) is 0 Å². The zero-order valence-electron chi connectivity index (χ0n) is 14.6. The summed E-state index contributed by atoms with van der Waals surface area (Å²) in [6.45, 7) is 7.50. The number of Topliss-reactive ketones (excluding diaryl/α,β-unsaturated/α-hetero) is 2. The Morgan fingerprint density at radius 2 is 2.04 bits per heavy atom. The second-order valence-electron chi connectivity index (χ2n) is 7.68. The second kappa shape index (κ2) is 6.50. The molecule has 2 saturated heterocycles. The number of ether oxygens (including phenoxy) is 2. The molecule has 136 valence electrons. The smallest absolute Gasteiger partial charge is 0.336 e. The van der Waals surface area contributed by atoms with Crippen LogP contribution in [0.2, 0.25) is 0 Å².